The Morgan fingerprint density at radius 1 is 1.38 bits per heavy atom. The second kappa shape index (κ2) is 7.53. The van der Waals surface area contributed by atoms with E-state index in [0.29, 0.717) is 6.54 Å². The molecule has 24 heavy (non-hydrogen) atoms. The summed E-state index contributed by atoms with van der Waals surface area (Å²) in [6.07, 6.45) is -3.47. The highest BCUT2D eigenvalue weighted by atomic mass is 19.4. The van der Waals surface area contributed by atoms with Crippen molar-refractivity contribution in [3.05, 3.63) is 35.4 Å². The van der Waals surface area contributed by atoms with E-state index in [1.165, 1.54) is 12.1 Å². The molecule has 1 saturated heterocycles. The number of carbonyl (C=O) groups is 1. The largest absolute Gasteiger partial charge is 0.480 e. The summed E-state index contributed by atoms with van der Waals surface area (Å²) in [6, 6.07) is 3.53. The number of rotatable bonds is 5. The van der Waals surface area contributed by atoms with Gasteiger partial charge in [-0.05, 0) is 37.6 Å². The molecule has 2 unspecified atom stereocenters. The number of alkyl halides is 3. The van der Waals surface area contributed by atoms with Gasteiger partial charge in [0, 0.05) is 25.7 Å². The molecule has 0 saturated carbocycles. The molecule has 1 N–H and O–H groups in total. The number of nitrogens with zero attached hydrogens (tertiary/aromatic N) is 2. The highest BCUT2D eigenvalue weighted by Crippen LogP contribution is 2.33. The van der Waals surface area contributed by atoms with Crippen LogP contribution in [0.1, 0.15) is 37.4 Å². The molecule has 1 fully saturated rings. The first kappa shape index (κ1) is 18.7. The standard InChI is InChI=1S/C17H23F3N2O2/c1-3-7-21-8-9-22(12(2)11-21)15(16(23)24)13-5-4-6-14(10-13)17(18,19)20/h4-6,10,12,15H,3,7-9,11H2,1-2H3,(H,23,24). The van der Waals surface area contributed by atoms with Gasteiger partial charge in [0.25, 0.3) is 0 Å². The molecular formula is C17H23F3N2O2. The molecule has 134 valence electrons. The van der Waals surface area contributed by atoms with Crippen LogP contribution in [-0.4, -0.2) is 53.1 Å². The smallest absolute Gasteiger partial charge is 0.416 e. The molecule has 0 aliphatic carbocycles. The molecule has 0 bridgehead atoms. The van der Waals surface area contributed by atoms with Gasteiger partial charge in [-0.15, -0.1) is 0 Å². The first-order valence-corrected chi connectivity index (χ1v) is 8.12. The first-order valence-electron chi connectivity index (χ1n) is 8.12. The second-order valence-corrected chi connectivity index (χ2v) is 6.25. The van der Waals surface area contributed by atoms with Gasteiger partial charge in [0.05, 0.1) is 5.56 Å². The molecule has 0 spiro atoms. The summed E-state index contributed by atoms with van der Waals surface area (Å²) in [5.41, 5.74) is -0.642. The molecule has 1 aromatic rings. The maximum atomic E-state index is 12.9. The van der Waals surface area contributed by atoms with Crippen molar-refractivity contribution < 1.29 is 23.1 Å². The van der Waals surface area contributed by atoms with Crippen LogP contribution in [0.4, 0.5) is 13.2 Å². The molecule has 0 radical (unpaired) electrons. The molecule has 7 heteroatoms. The lowest BCUT2D eigenvalue weighted by Crippen LogP contribution is -2.54. The van der Waals surface area contributed by atoms with E-state index >= 15 is 0 Å². The average molecular weight is 344 g/mol. The SMILES string of the molecule is CCCN1CCN(C(C(=O)O)c2cccc(C(F)(F)F)c2)C(C)C1. The third kappa shape index (κ3) is 4.27. The van der Waals surface area contributed by atoms with Gasteiger partial charge in [-0.3, -0.25) is 9.69 Å². The van der Waals surface area contributed by atoms with Crippen LogP contribution in [0.3, 0.4) is 0 Å². The van der Waals surface area contributed by atoms with E-state index in [9.17, 15) is 23.1 Å². The van der Waals surface area contributed by atoms with E-state index in [-0.39, 0.29) is 11.6 Å². The Hall–Kier alpha value is -1.60. The third-order valence-electron chi connectivity index (χ3n) is 4.40. The van der Waals surface area contributed by atoms with Crippen LogP contribution in [0.5, 0.6) is 0 Å². The summed E-state index contributed by atoms with van der Waals surface area (Å²) < 4.78 is 38.8. The molecule has 2 rings (SSSR count). The van der Waals surface area contributed by atoms with Crippen molar-refractivity contribution in [2.75, 3.05) is 26.2 Å². The van der Waals surface area contributed by atoms with Crippen LogP contribution < -0.4 is 0 Å². The van der Waals surface area contributed by atoms with Crippen LogP contribution >= 0.6 is 0 Å². The fourth-order valence-corrected chi connectivity index (χ4v) is 3.31. The zero-order valence-corrected chi connectivity index (χ0v) is 13.9. The molecule has 1 heterocycles. The molecule has 0 amide bonds. The Kier molecular flexibility index (Phi) is 5.87. The zero-order valence-electron chi connectivity index (χ0n) is 13.9. The van der Waals surface area contributed by atoms with Crippen LogP contribution in [0.15, 0.2) is 24.3 Å². The van der Waals surface area contributed by atoms with E-state index in [1.54, 1.807) is 4.90 Å². The molecule has 1 aromatic carbocycles. The average Bonchev–Trinajstić information content (AvgIpc) is 2.49. The highest BCUT2D eigenvalue weighted by molar-refractivity contribution is 5.75. The number of hydrogen-bond acceptors (Lipinski definition) is 3. The van der Waals surface area contributed by atoms with Crippen molar-refractivity contribution in [1.82, 2.24) is 9.80 Å². The van der Waals surface area contributed by atoms with Gasteiger partial charge in [-0.2, -0.15) is 13.2 Å². The molecule has 0 aromatic heterocycles. The number of hydrogen-bond donors (Lipinski definition) is 1. The summed E-state index contributed by atoms with van der Waals surface area (Å²) >= 11 is 0. The summed E-state index contributed by atoms with van der Waals surface area (Å²) in [6.45, 7) is 6.91. The van der Waals surface area contributed by atoms with Crippen molar-refractivity contribution in [3.8, 4) is 0 Å². The third-order valence-corrected chi connectivity index (χ3v) is 4.40. The molecule has 1 aliphatic rings. The van der Waals surface area contributed by atoms with Gasteiger partial charge in [-0.25, -0.2) is 0 Å². The fraction of sp³-hybridized carbons (Fsp3) is 0.588. The van der Waals surface area contributed by atoms with Gasteiger partial charge in [0.15, 0.2) is 0 Å². The van der Waals surface area contributed by atoms with Gasteiger partial charge in [0.2, 0.25) is 0 Å². The van der Waals surface area contributed by atoms with Gasteiger partial charge in [-0.1, -0.05) is 19.1 Å². The van der Waals surface area contributed by atoms with Crippen LogP contribution in [-0.2, 0) is 11.0 Å². The van der Waals surface area contributed by atoms with Gasteiger partial charge in [0.1, 0.15) is 6.04 Å². The van der Waals surface area contributed by atoms with Crippen molar-refractivity contribution >= 4 is 5.97 Å². The number of piperazine rings is 1. The maximum Gasteiger partial charge on any atom is 0.416 e. The Labute approximate surface area is 139 Å². The first-order chi connectivity index (χ1) is 11.2. The Morgan fingerprint density at radius 2 is 2.08 bits per heavy atom. The quantitative estimate of drug-likeness (QED) is 0.891. The summed E-state index contributed by atoms with van der Waals surface area (Å²) in [7, 11) is 0. The summed E-state index contributed by atoms with van der Waals surface area (Å²) in [5, 5.41) is 9.62. The fourth-order valence-electron chi connectivity index (χ4n) is 3.31. The summed E-state index contributed by atoms with van der Waals surface area (Å²) in [5.74, 6) is -1.12. The predicted octanol–water partition coefficient (Wildman–Crippen LogP) is 3.25. The van der Waals surface area contributed by atoms with Crippen LogP contribution in [0.25, 0.3) is 0 Å². The number of aliphatic carboxylic acids is 1. The number of halogens is 3. The monoisotopic (exact) mass is 344 g/mol. The zero-order chi connectivity index (χ0) is 17.9. The van der Waals surface area contributed by atoms with Gasteiger partial charge >= 0.3 is 12.1 Å². The number of carboxylic acids is 1. The van der Waals surface area contributed by atoms with E-state index in [2.05, 4.69) is 11.8 Å². The molecular weight excluding hydrogens is 321 g/mol. The topological polar surface area (TPSA) is 43.8 Å². The van der Waals surface area contributed by atoms with E-state index in [0.717, 1.165) is 38.2 Å². The number of benzene rings is 1. The molecule has 1 aliphatic heterocycles. The van der Waals surface area contributed by atoms with Crippen molar-refractivity contribution in [3.63, 3.8) is 0 Å². The Bertz CT molecular complexity index is 577. The maximum absolute atomic E-state index is 12.9. The van der Waals surface area contributed by atoms with Gasteiger partial charge < -0.3 is 10.0 Å². The van der Waals surface area contributed by atoms with E-state index < -0.39 is 23.8 Å². The van der Waals surface area contributed by atoms with E-state index in [1.807, 2.05) is 6.92 Å². The Morgan fingerprint density at radius 3 is 2.62 bits per heavy atom. The van der Waals surface area contributed by atoms with Crippen molar-refractivity contribution in [2.45, 2.75) is 38.5 Å². The van der Waals surface area contributed by atoms with Crippen molar-refractivity contribution in [2.24, 2.45) is 0 Å². The molecule has 2 atom stereocenters. The lowest BCUT2D eigenvalue weighted by atomic mass is 9.99. The number of carboxylic acid groups (broad SMARTS) is 1. The lowest BCUT2D eigenvalue weighted by Gasteiger charge is -2.42. The highest BCUT2D eigenvalue weighted by Gasteiger charge is 2.36. The molecule has 4 nitrogen and oxygen atoms in total. The minimum absolute atomic E-state index is 0.0408. The van der Waals surface area contributed by atoms with Crippen LogP contribution in [0, 0.1) is 0 Å². The van der Waals surface area contributed by atoms with Crippen LogP contribution in [0.2, 0.25) is 0 Å². The van der Waals surface area contributed by atoms with Crippen molar-refractivity contribution in [1.29, 1.82) is 0 Å². The minimum atomic E-state index is -4.48. The summed E-state index contributed by atoms with van der Waals surface area (Å²) in [4.78, 5) is 15.8. The Balaban J connectivity index is 2.26. The lowest BCUT2D eigenvalue weighted by molar-refractivity contribution is -0.146. The normalized spacial score (nSPS) is 21.6. The van der Waals surface area contributed by atoms with E-state index in [4.69, 9.17) is 0 Å². The predicted molar refractivity (Wildman–Crippen MR) is 84.7 cm³/mol. The second-order valence-electron chi connectivity index (χ2n) is 6.25. The minimum Gasteiger partial charge on any atom is -0.480 e.